The van der Waals surface area contributed by atoms with Crippen LogP contribution < -0.4 is 5.73 Å². The highest BCUT2D eigenvalue weighted by Gasteiger charge is 2.17. The molecule has 0 bridgehead atoms. The van der Waals surface area contributed by atoms with Crippen molar-refractivity contribution in [2.45, 2.75) is 32.4 Å². The Morgan fingerprint density at radius 1 is 1.47 bits per heavy atom. The van der Waals surface area contributed by atoms with Crippen molar-refractivity contribution in [3.8, 4) is 0 Å². The van der Waals surface area contributed by atoms with Crippen molar-refractivity contribution >= 4 is 5.69 Å². The molecule has 94 valence electrons. The molecular formula is C14H22N2O. The Morgan fingerprint density at radius 3 is 3.12 bits per heavy atom. The van der Waals surface area contributed by atoms with E-state index in [1.165, 1.54) is 5.56 Å². The lowest BCUT2D eigenvalue weighted by atomic mass is 10.1. The summed E-state index contributed by atoms with van der Waals surface area (Å²) < 4.78 is 5.78. The number of benzene rings is 1. The lowest BCUT2D eigenvalue weighted by molar-refractivity contribution is 0.0510. The van der Waals surface area contributed by atoms with Crippen LogP contribution in [-0.2, 0) is 11.3 Å². The van der Waals surface area contributed by atoms with E-state index in [-0.39, 0.29) is 0 Å². The topological polar surface area (TPSA) is 38.5 Å². The number of nitrogens with two attached hydrogens (primary N) is 1. The molecule has 3 heteroatoms. The summed E-state index contributed by atoms with van der Waals surface area (Å²) in [5.74, 6) is 0. The van der Waals surface area contributed by atoms with Crippen molar-refractivity contribution in [2.75, 3.05) is 25.4 Å². The second-order valence-electron chi connectivity index (χ2n) is 4.73. The molecule has 0 aromatic heterocycles. The summed E-state index contributed by atoms with van der Waals surface area (Å²) in [6, 6.07) is 8.16. The molecule has 1 atom stereocenters. The smallest absolute Gasteiger partial charge is 0.0699 e. The quantitative estimate of drug-likeness (QED) is 0.815. The molecule has 1 aliphatic rings. The second kappa shape index (κ2) is 6.03. The zero-order chi connectivity index (χ0) is 12.1. The third kappa shape index (κ3) is 3.72. The van der Waals surface area contributed by atoms with Crippen LogP contribution in [0.2, 0.25) is 0 Å². The van der Waals surface area contributed by atoms with Gasteiger partial charge in [0.15, 0.2) is 0 Å². The summed E-state index contributed by atoms with van der Waals surface area (Å²) in [6.07, 6.45) is 2.60. The van der Waals surface area contributed by atoms with Gasteiger partial charge in [0.25, 0.3) is 0 Å². The molecule has 0 saturated carbocycles. The van der Waals surface area contributed by atoms with Gasteiger partial charge in [0.2, 0.25) is 0 Å². The molecule has 1 saturated heterocycles. The van der Waals surface area contributed by atoms with Crippen LogP contribution in [0.5, 0.6) is 0 Å². The zero-order valence-corrected chi connectivity index (χ0v) is 10.6. The van der Waals surface area contributed by atoms with E-state index < -0.39 is 0 Å². The lowest BCUT2D eigenvalue weighted by Crippen LogP contribution is -2.31. The number of hydrogen-bond donors (Lipinski definition) is 1. The van der Waals surface area contributed by atoms with Gasteiger partial charge in [-0.3, -0.25) is 4.90 Å². The maximum Gasteiger partial charge on any atom is 0.0699 e. The summed E-state index contributed by atoms with van der Waals surface area (Å²) in [5.41, 5.74) is 7.95. The summed E-state index contributed by atoms with van der Waals surface area (Å²) in [7, 11) is 0. The highest BCUT2D eigenvalue weighted by molar-refractivity contribution is 5.40. The van der Waals surface area contributed by atoms with Gasteiger partial charge in [-0.05, 0) is 30.5 Å². The number of nitrogens with zero attached hydrogens (tertiary/aromatic N) is 1. The fraction of sp³-hybridized carbons (Fsp3) is 0.571. The lowest BCUT2D eigenvalue weighted by Gasteiger charge is -2.23. The molecular weight excluding hydrogens is 212 g/mol. The van der Waals surface area contributed by atoms with Gasteiger partial charge < -0.3 is 10.5 Å². The first-order valence-electron chi connectivity index (χ1n) is 6.46. The van der Waals surface area contributed by atoms with Crippen LogP contribution in [0.15, 0.2) is 24.3 Å². The van der Waals surface area contributed by atoms with Gasteiger partial charge in [0.05, 0.1) is 6.10 Å². The van der Waals surface area contributed by atoms with E-state index in [9.17, 15) is 0 Å². The maximum atomic E-state index is 5.80. The highest BCUT2D eigenvalue weighted by Crippen LogP contribution is 2.14. The number of nitrogen functional groups attached to an aromatic ring is 1. The van der Waals surface area contributed by atoms with E-state index in [2.05, 4.69) is 24.0 Å². The van der Waals surface area contributed by atoms with Crippen molar-refractivity contribution in [1.29, 1.82) is 0 Å². The van der Waals surface area contributed by atoms with Crippen LogP contribution in [0.1, 0.15) is 25.3 Å². The highest BCUT2D eigenvalue weighted by atomic mass is 16.5. The van der Waals surface area contributed by atoms with Crippen LogP contribution >= 0.6 is 0 Å². The molecule has 2 N–H and O–H groups in total. The van der Waals surface area contributed by atoms with Crippen LogP contribution in [0, 0.1) is 0 Å². The van der Waals surface area contributed by atoms with Crippen LogP contribution in [0.4, 0.5) is 5.69 Å². The normalized spacial score (nSPS) is 22.3. The standard InChI is InChI=1S/C14H22N2O/c1-2-14-11-16(7-4-8-17-14)10-12-5-3-6-13(15)9-12/h3,5-6,9,14H,2,4,7-8,10-11,15H2,1H3. The first-order valence-corrected chi connectivity index (χ1v) is 6.46. The molecule has 1 unspecified atom stereocenters. The molecule has 0 spiro atoms. The van der Waals surface area contributed by atoms with Gasteiger partial charge >= 0.3 is 0 Å². The zero-order valence-electron chi connectivity index (χ0n) is 10.6. The molecule has 0 aliphatic carbocycles. The SMILES string of the molecule is CCC1CN(Cc2cccc(N)c2)CCCO1. The van der Waals surface area contributed by atoms with E-state index in [1.54, 1.807) is 0 Å². The first kappa shape index (κ1) is 12.4. The van der Waals surface area contributed by atoms with Crippen molar-refractivity contribution in [1.82, 2.24) is 4.90 Å². The maximum absolute atomic E-state index is 5.80. The molecule has 0 radical (unpaired) electrons. The Hall–Kier alpha value is -1.06. The molecule has 1 aromatic carbocycles. The van der Waals surface area contributed by atoms with E-state index >= 15 is 0 Å². The third-order valence-corrected chi connectivity index (χ3v) is 3.25. The molecule has 1 heterocycles. The number of ether oxygens (including phenoxy) is 1. The summed E-state index contributed by atoms with van der Waals surface area (Å²) >= 11 is 0. The van der Waals surface area contributed by atoms with Gasteiger partial charge in [-0.25, -0.2) is 0 Å². The van der Waals surface area contributed by atoms with Gasteiger partial charge in [-0.1, -0.05) is 19.1 Å². The van der Waals surface area contributed by atoms with Crippen molar-refractivity contribution in [3.63, 3.8) is 0 Å². The molecule has 0 amide bonds. The Kier molecular flexibility index (Phi) is 4.40. The molecule has 3 nitrogen and oxygen atoms in total. The average molecular weight is 234 g/mol. The summed E-state index contributed by atoms with van der Waals surface area (Å²) in [5, 5.41) is 0. The van der Waals surface area contributed by atoms with Crippen LogP contribution in [0.25, 0.3) is 0 Å². The minimum atomic E-state index is 0.388. The monoisotopic (exact) mass is 234 g/mol. The minimum Gasteiger partial charge on any atom is -0.399 e. The average Bonchev–Trinajstić information content (AvgIpc) is 2.54. The van der Waals surface area contributed by atoms with Gasteiger partial charge in [0.1, 0.15) is 0 Å². The van der Waals surface area contributed by atoms with E-state index in [4.69, 9.17) is 10.5 Å². The number of rotatable bonds is 3. The van der Waals surface area contributed by atoms with Crippen molar-refractivity contribution < 1.29 is 4.74 Å². The van der Waals surface area contributed by atoms with Crippen LogP contribution in [0.3, 0.4) is 0 Å². The summed E-state index contributed by atoms with van der Waals surface area (Å²) in [6.45, 7) is 6.21. The van der Waals surface area contributed by atoms with E-state index in [0.717, 1.165) is 44.8 Å². The second-order valence-corrected chi connectivity index (χ2v) is 4.73. The molecule has 1 aliphatic heterocycles. The van der Waals surface area contributed by atoms with Crippen molar-refractivity contribution in [2.24, 2.45) is 0 Å². The number of hydrogen-bond acceptors (Lipinski definition) is 3. The van der Waals surface area contributed by atoms with Crippen molar-refractivity contribution in [3.05, 3.63) is 29.8 Å². The van der Waals surface area contributed by atoms with Crippen LogP contribution in [-0.4, -0.2) is 30.7 Å². The Bertz CT molecular complexity index is 354. The molecule has 17 heavy (non-hydrogen) atoms. The predicted molar refractivity (Wildman–Crippen MR) is 70.8 cm³/mol. The largest absolute Gasteiger partial charge is 0.399 e. The first-order chi connectivity index (χ1) is 8.28. The molecule has 1 fully saturated rings. The molecule has 1 aromatic rings. The fourth-order valence-corrected chi connectivity index (χ4v) is 2.31. The van der Waals surface area contributed by atoms with E-state index in [0.29, 0.717) is 6.10 Å². The fourth-order valence-electron chi connectivity index (χ4n) is 2.31. The summed E-state index contributed by atoms with van der Waals surface area (Å²) in [4.78, 5) is 2.47. The van der Waals surface area contributed by atoms with Gasteiger partial charge in [0, 0.05) is 31.9 Å². The molecule has 2 rings (SSSR count). The number of anilines is 1. The Labute approximate surface area is 104 Å². The van der Waals surface area contributed by atoms with Gasteiger partial charge in [-0.15, -0.1) is 0 Å². The Morgan fingerprint density at radius 2 is 2.35 bits per heavy atom. The minimum absolute atomic E-state index is 0.388. The predicted octanol–water partition coefficient (Wildman–Crippen LogP) is 2.27. The third-order valence-electron chi connectivity index (χ3n) is 3.25. The van der Waals surface area contributed by atoms with Gasteiger partial charge in [-0.2, -0.15) is 0 Å². The Balaban J connectivity index is 1.97. The van der Waals surface area contributed by atoms with E-state index in [1.807, 2.05) is 12.1 Å².